The number of ether oxygens (including phenoxy) is 1. The molecule has 4 rings (SSSR count). The third kappa shape index (κ3) is 5.78. The van der Waals surface area contributed by atoms with E-state index in [1.807, 2.05) is 23.1 Å². The van der Waals surface area contributed by atoms with Gasteiger partial charge in [-0.25, -0.2) is 4.99 Å². The van der Waals surface area contributed by atoms with Crippen LogP contribution in [0.3, 0.4) is 0 Å². The predicted molar refractivity (Wildman–Crippen MR) is 133 cm³/mol. The highest BCUT2D eigenvalue weighted by atomic mass is 16.5. The molecule has 2 aromatic carbocycles. The lowest BCUT2D eigenvalue weighted by molar-refractivity contribution is -0.128. The van der Waals surface area contributed by atoms with E-state index in [1.165, 1.54) is 16.8 Å². The minimum absolute atomic E-state index is 0.261. The van der Waals surface area contributed by atoms with Crippen LogP contribution in [0.25, 0.3) is 0 Å². The van der Waals surface area contributed by atoms with E-state index < -0.39 is 0 Å². The van der Waals surface area contributed by atoms with Crippen LogP contribution >= 0.6 is 0 Å². The zero-order chi connectivity index (χ0) is 23.0. The Morgan fingerprint density at radius 1 is 1.00 bits per heavy atom. The highest BCUT2D eigenvalue weighted by molar-refractivity contribution is 5.80. The smallest absolute Gasteiger partial charge is 0.222 e. The fourth-order valence-corrected chi connectivity index (χ4v) is 4.50. The largest absolute Gasteiger partial charge is 0.497 e. The normalized spacial score (nSPS) is 17.0. The number of carbonyl (C=O) groups is 1. The molecule has 0 radical (unpaired) electrons. The number of hydrogen-bond acceptors (Lipinski definition) is 4. The number of anilines is 1. The van der Waals surface area contributed by atoms with E-state index in [1.54, 1.807) is 7.11 Å². The maximum absolute atomic E-state index is 12.1. The van der Waals surface area contributed by atoms with Crippen LogP contribution in [0.15, 0.2) is 53.5 Å². The van der Waals surface area contributed by atoms with Crippen LogP contribution in [-0.2, 0) is 17.9 Å². The second kappa shape index (κ2) is 11.1. The van der Waals surface area contributed by atoms with Crippen molar-refractivity contribution < 1.29 is 9.53 Å². The van der Waals surface area contributed by atoms with E-state index in [2.05, 4.69) is 52.4 Å². The second-order valence-corrected chi connectivity index (χ2v) is 8.53. The molecule has 2 aliphatic heterocycles. The molecular formula is C26H35N5O2. The highest BCUT2D eigenvalue weighted by Crippen LogP contribution is 2.21. The van der Waals surface area contributed by atoms with Crippen molar-refractivity contribution in [1.29, 1.82) is 0 Å². The Morgan fingerprint density at radius 3 is 2.36 bits per heavy atom. The van der Waals surface area contributed by atoms with Gasteiger partial charge in [-0.15, -0.1) is 0 Å². The van der Waals surface area contributed by atoms with Gasteiger partial charge in [0.2, 0.25) is 5.91 Å². The van der Waals surface area contributed by atoms with Gasteiger partial charge in [0.15, 0.2) is 5.96 Å². The maximum Gasteiger partial charge on any atom is 0.222 e. The Hall–Kier alpha value is -3.22. The van der Waals surface area contributed by atoms with Gasteiger partial charge < -0.3 is 24.8 Å². The van der Waals surface area contributed by atoms with Crippen molar-refractivity contribution in [3.8, 4) is 5.75 Å². The van der Waals surface area contributed by atoms with Crippen molar-refractivity contribution >= 4 is 17.6 Å². The van der Waals surface area contributed by atoms with E-state index in [9.17, 15) is 4.79 Å². The number of methoxy groups -OCH3 is 1. The number of nitrogens with zero attached hydrogens (tertiary/aromatic N) is 4. The van der Waals surface area contributed by atoms with Gasteiger partial charge in [-0.1, -0.05) is 24.3 Å². The number of likely N-dealkylation sites (tertiary alicyclic amines) is 1. The molecule has 2 fully saturated rings. The maximum atomic E-state index is 12.1. The summed E-state index contributed by atoms with van der Waals surface area (Å²) in [6.07, 6.45) is 1.64. The first kappa shape index (κ1) is 23.0. The Bertz CT molecular complexity index is 951. The van der Waals surface area contributed by atoms with Gasteiger partial charge in [-0.2, -0.15) is 0 Å². The number of aliphatic imine (C=N–C) groups is 1. The zero-order valence-corrected chi connectivity index (χ0v) is 19.8. The topological polar surface area (TPSA) is 60.4 Å². The first-order valence-corrected chi connectivity index (χ1v) is 11.9. The lowest BCUT2D eigenvalue weighted by atomic mass is 10.1. The molecule has 1 amide bonds. The average Bonchev–Trinajstić information content (AvgIpc) is 3.27. The van der Waals surface area contributed by atoms with Gasteiger partial charge in [0.25, 0.3) is 0 Å². The number of piperazine rings is 1. The highest BCUT2D eigenvalue weighted by Gasteiger charge is 2.22. The first-order chi connectivity index (χ1) is 16.2. The minimum Gasteiger partial charge on any atom is -0.497 e. The first-order valence-electron chi connectivity index (χ1n) is 11.9. The molecule has 1 N–H and O–H groups in total. The van der Waals surface area contributed by atoms with Gasteiger partial charge in [0.1, 0.15) is 5.75 Å². The summed E-state index contributed by atoms with van der Waals surface area (Å²) in [4.78, 5) is 23.8. The third-order valence-corrected chi connectivity index (χ3v) is 6.40. The van der Waals surface area contributed by atoms with Crippen molar-refractivity contribution in [3.05, 3.63) is 59.7 Å². The van der Waals surface area contributed by atoms with Gasteiger partial charge in [-0.3, -0.25) is 4.79 Å². The summed E-state index contributed by atoms with van der Waals surface area (Å²) >= 11 is 0. The molecule has 7 heteroatoms. The molecule has 0 saturated carbocycles. The molecule has 7 nitrogen and oxygen atoms in total. The monoisotopic (exact) mass is 449 g/mol. The van der Waals surface area contributed by atoms with Crippen LogP contribution in [0.1, 0.15) is 30.9 Å². The number of amides is 1. The number of hydrogen-bond donors (Lipinski definition) is 1. The van der Waals surface area contributed by atoms with E-state index >= 15 is 0 Å². The Balaban J connectivity index is 1.39. The number of nitrogens with one attached hydrogen (secondary N) is 1. The molecule has 33 heavy (non-hydrogen) atoms. The zero-order valence-electron chi connectivity index (χ0n) is 19.8. The van der Waals surface area contributed by atoms with Crippen molar-refractivity contribution in [1.82, 2.24) is 15.1 Å². The summed E-state index contributed by atoms with van der Waals surface area (Å²) in [6, 6.07) is 16.6. The van der Waals surface area contributed by atoms with E-state index in [0.29, 0.717) is 19.5 Å². The van der Waals surface area contributed by atoms with Gasteiger partial charge in [0.05, 0.1) is 13.7 Å². The summed E-state index contributed by atoms with van der Waals surface area (Å²) < 4.78 is 5.28. The predicted octanol–water partition coefficient (Wildman–Crippen LogP) is 3.11. The molecule has 0 bridgehead atoms. The van der Waals surface area contributed by atoms with Crippen molar-refractivity contribution in [2.75, 3.05) is 51.3 Å². The van der Waals surface area contributed by atoms with Crippen LogP contribution < -0.4 is 15.0 Å². The van der Waals surface area contributed by atoms with Crippen LogP contribution in [0.5, 0.6) is 5.75 Å². The van der Waals surface area contributed by atoms with Gasteiger partial charge in [-0.05, 0) is 48.7 Å². The molecular weight excluding hydrogens is 414 g/mol. The molecule has 0 unspecified atom stereocenters. The lowest BCUT2D eigenvalue weighted by Gasteiger charge is -2.37. The number of rotatable bonds is 7. The summed E-state index contributed by atoms with van der Waals surface area (Å²) in [5.74, 6) is 2.10. The lowest BCUT2D eigenvalue weighted by Crippen LogP contribution is -2.52. The summed E-state index contributed by atoms with van der Waals surface area (Å²) in [5, 5.41) is 3.47. The van der Waals surface area contributed by atoms with Crippen molar-refractivity contribution in [2.24, 2.45) is 4.99 Å². The minimum atomic E-state index is 0.261. The standard InChI is InChI=1S/C26H35N5O2/c1-3-27-26(30-17-15-29(16-18-30)23-10-12-24(33-2)13-11-23)28-19-21-7-4-5-8-22(21)20-31-14-6-9-25(31)32/h4-5,7-8,10-13H,3,6,9,14-20H2,1-2H3,(H,27,28). The van der Waals surface area contributed by atoms with E-state index in [-0.39, 0.29) is 5.91 Å². The second-order valence-electron chi connectivity index (χ2n) is 8.53. The summed E-state index contributed by atoms with van der Waals surface area (Å²) in [7, 11) is 1.69. The van der Waals surface area contributed by atoms with Crippen LogP contribution in [-0.4, -0.2) is 68.0 Å². The molecule has 2 aromatic rings. The fraction of sp³-hybridized carbons (Fsp3) is 0.462. The van der Waals surface area contributed by atoms with Crippen molar-refractivity contribution in [3.63, 3.8) is 0 Å². The van der Waals surface area contributed by atoms with Crippen LogP contribution in [0, 0.1) is 0 Å². The number of carbonyl (C=O) groups excluding carboxylic acids is 1. The fourth-order valence-electron chi connectivity index (χ4n) is 4.50. The van der Waals surface area contributed by atoms with Crippen LogP contribution in [0.4, 0.5) is 5.69 Å². The summed E-state index contributed by atoms with van der Waals surface area (Å²) in [5.41, 5.74) is 3.60. The van der Waals surface area contributed by atoms with Crippen molar-refractivity contribution in [2.45, 2.75) is 32.9 Å². The Morgan fingerprint density at radius 2 is 1.73 bits per heavy atom. The van der Waals surface area contributed by atoms with E-state index in [4.69, 9.17) is 9.73 Å². The molecule has 176 valence electrons. The molecule has 2 aliphatic rings. The SMILES string of the molecule is CCNC(=NCc1ccccc1CN1CCCC1=O)N1CCN(c2ccc(OC)cc2)CC1. The molecule has 0 aromatic heterocycles. The molecule has 0 spiro atoms. The number of benzene rings is 2. The van der Waals surface area contributed by atoms with Crippen LogP contribution in [0.2, 0.25) is 0 Å². The Labute approximate surface area is 197 Å². The molecule has 0 atom stereocenters. The van der Waals surface area contributed by atoms with Gasteiger partial charge in [0, 0.05) is 57.9 Å². The molecule has 2 heterocycles. The third-order valence-electron chi connectivity index (χ3n) is 6.40. The Kier molecular flexibility index (Phi) is 7.70. The molecule has 2 saturated heterocycles. The average molecular weight is 450 g/mol. The quantitative estimate of drug-likeness (QED) is 0.520. The summed E-state index contributed by atoms with van der Waals surface area (Å²) in [6.45, 7) is 8.83. The molecule has 0 aliphatic carbocycles. The van der Waals surface area contributed by atoms with Gasteiger partial charge >= 0.3 is 0 Å². The number of guanidine groups is 1. The van der Waals surface area contributed by atoms with E-state index in [0.717, 1.165) is 57.4 Å².